The lowest BCUT2D eigenvalue weighted by Crippen LogP contribution is -2.48. The van der Waals surface area contributed by atoms with E-state index in [0.717, 1.165) is 25.9 Å². The Hall–Kier alpha value is -2.61. The van der Waals surface area contributed by atoms with E-state index in [1.165, 1.54) is 0 Å². The maximum absolute atomic E-state index is 12.8. The molecule has 0 radical (unpaired) electrons. The summed E-state index contributed by atoms with van der Waals surface area (Å²) in [6.45, 7) is 3.13. The van der Waals surface area contributed by atoms with Crippen LogP contribution in [0.4, 0.5) is 0 Å². The van der Waals surface area contributed by atoms with Crippen LogP contribution in [0.15, 0.2) is 24.3 Å². The van der Waals surface area contributed by atoms with E-state index < -0.39 is 5.91 Å². The number of rotatable bonds is 7. The van der Waals surface area contributed by atoms with Crippen molar-refractivity contribution < 1.29 is 19.1 Å². The van der Waals surface area contributed by atoms with Crippen LogP contribution >= 0.6 is 0 Å². The molecule has 2 N–H and O–H groups in total. The van der Waals surface area contributed by atoms with E-state index in [-0.39, 0.29) is 24.5 Å². The summed E-state index contributed by atoms with van der Waals surface area (Å²) in [5.74, 6) is -0.0464. The van der Waals surface area contributed by atoms with E-state index in [1.54, 1.807) is 29.2 Å². The van der Waals surface area contributed by atoms with Gasteiger partial charge in [0.1, 0.15) is 5.75 Å². The van der Waals surface area contributed by atoms with Gasteiger partial charge in [0.25, 0.3) is 11.8 Å². The topological polar surface area (TPSA) is 96.2 Å². The first-order valence-corrected chi connectivity index (χ1v) is 9.22. The minimum absolute atomic E-state index is 0.0792. The number of amides is 3. The smallest absolute Gasteiger partial charge is 0.255 e. The lowest BCUT2D eigenvalue weighted by atomic mass is 10.2. The molecule has 0 saturated carbocycles. The summed E-state index contributed by atoms with van der Waals surface area (Å²) < 4.78 is 5.27. The molecule has 8 heteroatoms. The molecule has 0 aromatic heterocycles. The fraction of sp³-hybridized carbons (Fsp3) is 0.526. The molecule has 2 heterocycles. The molecule has 0 bridgehead atoms. The van der Waals surface area contributed by atoms with Gasteiger partial charge in [-0.25, -0.2) is 0 Å². The molecule has 2 saturated heterocycles. The number of nitrogens with two attached hydrogens (primary N) is 1. The van der Waals surface area contributed by atoms with E-state index in [1.807, 2.05) is 16.8 Å². The van der Waals surface area contributed by atoms with Crippen molar-refractivity contribution in [1.29, 1.82) is 0 Å². The van der Waals surface area contributed by atoms with Crippen LogP contribution in [-0.2, 0) is 9.59 Å². The molecule has 146 valence electrons. The first kappa shape index (κ1) is 19.2. The highest BCUT2D eigenvalue weighted by Crippen LogP contribution is 2.20. The number of primary amides is 1. The van der Waals surface area contributed by atoms with Gasteiger partial charge in [0.15, 0.2) is 6.61 Å². The summed E-state index contributed by atoms with van der Waals surface area (Å²) in [7, 11) is 1.94. The molecule has 2 aliphatic rings. The largest absolute Gasteiger partial charge is 0.484 e. The van der Waals surface area contributed by atoms with Crippen molar-refractivity contribution in [2.75, 3.05) is 46.4 Å². The SMILES string of the molecule is CN(CC(=O)N1CCC1)C1CCN(C(=O)c2cccc(OCC(N)=O)c2)C1. The maximum Gasteiger partial charge on any atom is 0.255 e. The Morgan fingerprint density at radius 3 is 2.67 bits per heavy atom. The Morgan fingerprint density at radius 1 is 1.22 bits per heavy atom. The maximum atomic E-state index is 12.8. The van der Waals surface area contributed by atoms with Crippen LogP contribution in [0.25, 0.3) is 0 Å². The lowest BCUT2D eigenvalue weighted by molar-refractivity contribution is -0.136. The third-order valence-corrected chi connectivity index (χ3v) is 5.13. The summed E-state index contributed by atoms with van der Waals surface area (Å²) in [5.41, 5.74) is 5.59. The summed E-state index contributed by atoms with van der Waals surface area (Å²) >= 11 is 0. The van der Waals surface area contributed by atoms with Gasteiger partial charge in [0.05, 0.1) is 6.54 Å². The first-order chi connectivity index (χ1) is 12.9. The van der Waals surface area contributed by atoms with Gasteiger partial charge < -0.3 is 20.3 Å². The zero-order valence-electron chi connectivity index (χ0n) is 15.6. The van der Waals surface area contributed by atoms with Crippen LogP contribution in [0, 0.1) is 0 Å². The molecular formula is C19H26N4O4. The van der Waals surface area contributed by atoms with Crippen molar-refractivity contribution in [3.8, 4) is 5.75 Å². The highest BCUT2D eigenvalue weighted by Gasteiger charge is 2.31. The zero-order valence-corrected chi connectivity index (χ0v) is 15.6. The summed E-state index contributed by atoms with van der Waals surface area (Å²) in [6.07, 6.45) is 1.93. The predicted octanol–water partition coefficient (Wildman–Crippen LogP) is -0.0707. The highest BCUT2D eigenvalue weighted by atomic mass is 16.5. The van der Waals surface area contributed by atoms with Gasteiger partial charge in [-0.05, 0) is 38.1 Å². The molecule has 1 aromatic rings. The summed E-state index contributed by atoms with van der Waals surface area (Å²) in [5, 5.41) is 0. The molecular weight excluding hydrogens is 348 g/mol. The van der Waals surface area contributed by atoms with Crippen LogP contribution in [0.3, 0.4) is 0 Å². The number of likely N-dealkylation sites (tertiary alicyclic amines) is 2. The normalized spacial score (nSPS) is 19.1. The molecule has 1 unspecified atom stereocenters. The lowest BCUT2D eigenvalue weighted by Gasteiger charge is -2.33. The standard InChI is InChI=1S/C19H26N4O4/c1-21(12-18(25)22-7-3-8-22)15-6-9-23(11-15)19(26)14-4-2-5-16(10-14)27-13-17(20)24/h2,4-5,10,15H,3,6-9,11-13H2,1H3,(H2,20,24). The van der Waals surface area contributed by atoms with Gasteiger partial charge in [-0.1, -0.05) is 6.07 Å². The van der Waals surface area contributed by atoms with Gasteiger partial charge in [0, 0.05) is 37.8 Å². The molecule has 3 rings (SSSR count). The number of nitrogens with zero attached hydrogens (tertiary/aromatic N) is 3. The summed E-state index contributed by atoms with van der Waals surface area (Å²) in [6, 6.07) is 6.92. The Labute approximate surface area is 158 Å². The van der Waals surface area contributed by atoms with Gasteiger partial charge >= 0.3 is 0 Å². The van der Waals surface area contributed by atoms with Crippen LogP contribution in [0.1, 0.15) is 23.2 Å². The Kier molecular flexibility index (Phi) is 5.95. The van der Waals surface area contributed by atoms with E-state index in [9.17, 15) is 14.4 Å². The number of ether oxygens (including phenoxy) is 1. The first-order valence-electron chi connectivity index (χ1n) is 9.22. The second-order valence-corrected chi connectivity index (χ2v) is 7.13. The average Bonchev–Trinajstić information content (AvgIpc) is 3.08. The molecule has 1 aromatic carbocycles. The van der Waals surface area contributed by atoms with Crippen LogP contribution in [-0.4, -0.2) is 84.8 Å². The minimum Gasteiger partial charge on any atom is -0.484 e. The Morgan fingerprint density at radius 2 is 2.00 bits per heavy atom. The number of hydrogen-bond donors (Lipinski definition) is 1. The number of carbonyl (C=O) groups is 3. The van der Waals surface area contributed by atoms with Gasteiger partial charge in [0.2, 0.25) is 5.91 Å². The fourth-order valence-corrected chi connectivity index (χ4v) is 3.35. The Bertz CT molecular complexity index is 719. The van der Waals surface area contributed by atoms with Gasteiger partial charge in [-0.2, -0.15) is 0 Å². The molecule has 8 nitrogen and oxygen atoms in total. The second kappa shape index (κ2) is 8.39. The van der Waals surface area contributed by atoms with E-state index in [0.29, 0.717) is 30.9 Å². The highest BCUT2D eigenvalue weighted by molar-refractivity contribution is 5.94. The van der Waals surface area contributed by atoms with E-state index in [4.69, 9.17) is 10.5 Å². The van der Waals surface area contributed by atoms with Crippen molar-refractivity contribution in [3.63, 3.8) is 0 Å². The molecule has 2 fully saturated rings. The van der Waals surface area contributed by atoms with Crippen LogP contribution in [0.2, 0.25) is 0 Å². The number of likely N-dealkylation sites (N-methyl/N-ethyl adjacent to an activating group) is 1. The van der Waals surface area contributed by atoms with Crippen LogP contribution in [0.5, 0.6) is 5.75 Å². The molecule has 0 spiro atoms. The van der Waals surface area contributed by atoms with Crippen molar-refractivity contribution in [2.24, 2.45) is 5.73 Å². The molecule has 3 amide bonds. The average molecular weight is 374 g/mol. The fourth-order valence-electron chi connectivity index (χ4n) is 3.35. The van der Waals surface area contributed by atoms with Crippen LogP contribution < -0.4 is 10.5 Å². The second-order valence-electron chi connectivity index (χ2n) is 7.13. The van der Waals surface area contributed by atoms with E-state index in [2.05, 4.69) is 0 Å². The number of hydrogen-bond acceptors (Lipinski definition) is 5. The summed E-state index contributed by atoms with van der Waals surface area (Å²) in [4.78, 5) is 41.4. The van der Waals surface area contributed by atoms with Gasteiger partial charge in [-0.3, -0.25) is 19.3 Å². The Balaban J connectivity index is 1.54. The monoisotopic (exact) mass is 374 g/mol. The van der Waals surface area contributed by atoms with Crippen molar-refractivity contribution in [2.45, 2.75) is 18.9 Å². The van der Waals surface area contributed by atoms with Crippen molar-refractivity contribution in [3.05, 3.63) is 29.8 Å². The predicted molar refractivity (Wildman–Crippen MR) is 99.3 cm³/mol. The van der Waals surface area contributed by atoms with Gasteiger partial charge in [-0.15, -0.1) is 0 Å². The quantitative estimate of drug-likeness (QED) is 0.721. The number of carbonyl (C=O) groups excluding carboxylic acids is 3. The van der Waals surface area contributed by atoms with E-state index >= 15 is 0 Å². The molecule has 2 aliphatic heterocycles. The molecule has 27 heavy (non-hydrogen) atoms. The third kappa shape index (κ3) is 4.77. The number of benzene rings is 1. The molecule has 1 atom stereocenters. The minimum atomic E-state index is -0.565. The zero-order chi connectivity index (χ0) is 19.4. The van der Waals surface area contributed by atoms with Crippen molar-refractivity contribution in [1.82, 2.24) is 14.7 Å². The van der Waals surface area contributed by atoms with Crippen molar-refractivity contribution >= 4 is 17.7 Å². The third-order valence-electron chi connectivity index (χ3n) is 5.13. The molecule has 0 aliphatic carbocycles.